The van der Waals surface area contributed by atoms with Gasteiger partial charge in [0, 0.05) is 67.5 Å². The minimum absolute atomic E-state index is 0.00113. The second-order valence-corrected chi connectivity index (χ2v) is 31.6. The van der Waals surface area contributed by atoms with Crippen LogP contribution < -0.4 is 87.2 Å². The van der Waals surface area contributed by atoms with E-state index in [4.69, 9.17) is 28.7 Å². The minimum atomic E-state index is -1.71. The van der Waals surface area contributed by atoms with Gasteiger partial charge in [0.1, 0.15) is 78.3 Å². The number of carbonyl (C=O) groups excluding carboxylic acids is 12. The molecule has 3 aromatic rings. The van der Waals surface area contributed by atoms with E-state index in [9.17, 15) is 58.5 Å². The molecule has 40 heteroatoms. The molecule has 111 heavy (non-hydrogen) atoms. The Bertz CT molecular complexity index is 3800. The third kappa shape index (κ3) is 29.6. The first kappa shape index (κ1) is 91.5. The van der Waals surface area contributed by atoms with E-state index < -0.39 is 203 Å². The van der Waals surface area contributed by atoms with E-state index in [1.54, 1.807) is 64.4 Å². The van der Waals surface area contributed by atoms with Gasteiger partial charge in [-0.3, -0.25) is 72.3 Å². The number of aliphatic imine (C=N–C) groups is 2. The molecule has 2 saturated heterocycles. The molecule has 0 unspecified atom stereocenters. The van der Waals surface area contributed by atoms with Crippen molar-refractivity contribution in [3.8, 4) is 5.75 Å². The van der Waals surface area contributed by atoms with E-state index in [-0.39, 0.29) is 95.1 Å². The monoisotopic (exact) mass is 1610 g/mol. The molecule has 0 saturated carbocycles. The van der Waals surface area contributed by atoms with E-state index in [0.717, 1.165) is 21.6 Å². The SMILES string of the molecule is CSCC[C@H](NC(=O)[C@H](C)N)C(=O)N[C@H](C(=O)N[C@H]1CSSC[C@@H](C(=O)N[C@H](Cc2c[nH]c3ccccc23)C(=O)N[C@H](CCC(=O)O)C(=O)N[C@@H](C(=O)O)C(C)C)NC(=O)[C@@H]2CCCN2C(=O)[C@@H](CCCN=C(N)N)NC(=O)[C@H](Cc2ccc(O)cc2)NC(=O)[C@@H](C(C)C)NC(=O)[C@H](CCCN=C(N)N)NC1=O)C(C)C. The first-order valence-corrected chi connectivity index (χ1v) is 40.4. The Hall–Kier alpha value is -10.1. The second-order valence-electron chi connectivity index (χ2n) is 28.1. The molecule has 37 nitrogen and oxygen atoms in total. The zero-order valence-electron chi connectivity index (χ0n) is 63.5. The summed E-state index contributed by atoms with van der Waals surface area (Å²) in [5.41, 5.74) is 30.0. The van der Waals surface area contributed by atoms with Crippen LogP contribution in [0.5, 0.6) is 5.75 Å². The second kappa shape index (κ2) is 45.3. The van der Waals surface area contributed by atoms with Gasteiger partial charge in [0.2, 0.25) is 70.9 Å². The van der Waals surface area contributed by atoms with Gasteiger partial charge >= 0.3 is 11.9 Å². The molecule has 0 spiro atoms. The van der Waals surface area contributed by atoms with E-state index in [1.165, 1.54) is 61.7 Å². The van der Waals surface area contributed by atoms with Crippen LogP contribution in [-0.4, -0.2) is 242 Å². The Morgan fingerprint density at radius 3 is 1.79 bits per heavy atom. The lowest BCUT2D eigenvalue weighted by molar-refractivity contribution is -0.144. The number of carbonyl (C=O) groups is 14. The average molecular weight is 1610 g/mol. The van der Waals surface area contributed by atoms with Crippen LogP contribution in [0.4, 0.5) is 0 Å². The number of hydrogen-bond donors (Lipinski definition) is 20. The molecule has 13 atom stereocenters. The van der Waals surface area contributed by atoms with Gasteiger partial charge in [-0.2, -0.15) is 11.8 Å². The summed E-state index contributed by atoms with van der Waals surface area (Å²) in [5.74, 6) is -17.0. The molecule has 0 bridgehead atoms. The fraction of sp³-hybridized carbons (Fsp3) is 0.577. The molecular formula is C71H108N20O17S3. The number of fused-ring (bicyclic) bond motifs is 2. The van der Waals surface area contributed by atoms with Crippen LogP contribution in [0.25, 0.3) is 10.9 Å². The number of aliphatic carboxylic acids is 2. The Labute approximate surface area is 655 Å². The lowest BCUT2D eigenvalue weighted by atomic mass is 9.99. The molecule has 2 aromatic carbocycles. The normalized spacial score (nSPS) is 20.7. The molecule has 0 aliphatic carbocycles. The maximum absolute atomic E-state index is 15.5. The topological polar surface area (TPSA) is 606 Å². The fourth-order valence-electron chi connectivity index (χ4n) is 12.0. The summed E-state index contributed by atoms with van der Waals surface area (Å²) in [7, 11) is 1.73. The van der Waals surface area contributed by atoms with Crippen molar-refractivity contribution in [1.29, 1.82) is 0 Å². The number of carboxylic acid groups (broad SMARTS) is 2. The van der Waals surface area contributed by atoms with Crippen molar-refractivity contribution in [1.82, 2.24) is 68.4 Å². The molecule has 2 fully saturated rings. The highest BCUT2D eigenvalue weighted by atomic mass is 33.1. The van der Waals surface area contributed by atoms with Crippen LogP contribution in [0.15, 0.2) is 64.7 Å². The molecule has 0 radical (unpaired) electrons. The number of aromatic amines is 1. The average Bonchev–Trinajstić information content (AvgIpc) is 1.70. The number of H-pyrrole nitrogens is 1. The summed E-state index contributed by atoms with van der Waals surface area (Å²) in [5, 5.41) is 59.9. The Balaban J connectivity index is 1.71. The van der Waals surface area contributed by atoms with Crippen molar-refractivity contribution >= 4 is 139 Å². The number of nitrogens with two attached hydrogens (primary N) is 5. The zero-order chi connectivity index (χ0) is 82.3. The molecule has 612 valence electrons. The molecule has 1 aromatic heterocycles. The Morgan fingerprint density at radius 1 is 0.631 bits per heavy atom. The molecule has 12 amide bonds. The van der Waals surface area contributed by atoms with Crippen LogP contribution in [0, 0.1) is 17.8 Å². The molecule has 2 aliphatic heterocycles. The predicted octanol–water partition coefficient (Wildman–Crippen LogP) is -2.50. The summed E-state index contributed by atoms with van der Waals surface area (Å²) in [6, 6.07) is -6.59. The van der Waals surface area contributed by atoms with Gasteiger partial charge in [-0.05, 0) is 117 Å². The number of carboxylic acids is 2. The number of nitrogens with zero attached hydrogens (tertiary/aromatic N) is 3. The van der Waals surface area contributed by atoms with E-state index >= 15 is 24.0 Å². The largest absolute Gasteiger partial charge is 0.508 e. The van der Waals surface area contributed by atoms with Crippen molar-refractivity contribution in [2.24, 2.45) is 56.4 Å². The number of phenolic OH excluding ortho intramolecular Hbond substituents is 1. The van der Waals surface area contributed by atoms with Crippen molar-refractivity contribution in [2.75, 3.05) is 43.1 Å². The quantitative estimate of drug-likeness (QED) is 0.0127. The number of thioether (sulfide) groups is 1. The van der Waals surface area contributed by atoms with Crippen molar-refractivity contribution in [3.63, 3.8) is 0 Å². The van der Waals surface area contributed by atoms with Crippen LogP contribution in [0.3, 0.4) is 0 Å². The van der Waals surface area contributed by atoms with Gasteiger partial charge in [-0.25, -0.2) is 4.79 Å². The van der Waals surface area contributed by atoms with E-state index in [1.807, 2.05) is 0 Å². The number of guanidine groups is 2. The van der Waals surface area contributed by atoms with Crippen molar-refractivity contribution in [2.45, 2.75) is 198 Å². The minimum Gasteiger partial charge on any atom is -0.508 e. The summed E-state index contributed by atoms with van der Waals surface area (Å²) in [6.45, 7) is 10.7. The summed E-state index contributed by atoms with van der Waals surface area (Å²) < 4.78 is 0. The number of benzene rings is 2. The van der Waals surface area contributed by atoms with Crippen LogP contribution in [0.1, 0.15) is 117 Å². The lowest BCUT2D eigenvalue weighted by Gasteiger charge is -2.31. The van der Waals surface area contributed by atoms with E-state index in [0.29, 0.717) is 27.8 Å². The molecule has 2 aliphatic rings. The summed E-state index contributed by atoms with van der Waals surface area (Å²) >= 11 is 1.39. The van der Waals surface area contributed by atoms with Gasteiger partial charge in [-0.1, -0.05) is 93.5 Å². The number of aromatic nitrogens is 1. The molecule has 5 rings (SSSR count). The highest BCUT2D eigenvalue weighted by Gasteiger charge is 2.42. The van der Waals surface area contributed by atoms with E-state index in [2.05, 4.69) is 73.5 Å². The molecule has 25 N–H and O–H groups in total. The summed E-state index contributed by atoms with van der Waals surface area (Å²) in [4.78, 5) is 214. The third-order valence-electron chi connectivity index (χ3n) is 18.2. The van der Waals surface area contributed by atoms with Gasteiger partial charge in [0.15, 0.2) is 11.9 Å². The Morgan fingerprint density at radius 2 is 1.20 bits per heavy atom. The van der Waals surface area contributed by atoms with Gasteiger partial charge < -0.3 is 112 Å². The number of phenols is 1. The molecule has 3 heterocycles. The number of para-hydroxylation sites is 1. The first-order chi connectivity index (χ1) is 52.5. The Kier molecular flexibility index (Phi) is 37.3. The van der Waals surface area contributed by atoms with Crippen molar-refractivity contribution < 1.29 is 82.4 Å². The van der Waals surface area contributed by atoms with Gasteiger partial charge in [0.05, 0.1) is 6.04 Å². The fourth-order valence-corrected chi connectivity index (χ4v) is 14.8. The number of nitrogens with one attached hydrogen (secondary N) is 12. The van der Waals surface area contributed by atoms with Crippen LogP contribution >= 0.6 is 33.3 Å². The predicted molar refractivity (Wildman–Crippen MR) is 420 cm³/mol. The van der Waals surface area contributed by atoms with Gasteiger partial charge in [0.25, 0.3) is 0 Å². The highest BCUT2D eigenvalue weighted by Crippen LogP contribution is 2.27. The number of amides is 12. The smallest absolute Gasteiger partial charge is 0.326 e. The standard InChI is InChI=1S/C71H108N20O17S3/c1-35(2)54-66(104)85-48(30-39-19-21-41(92)22-20-39)61(99)83-47(17-12-27-78-71(75)76)68(106)91-28-13-18-52(91)65(103)86-50(64(102)84-49(31-40-32-79-43-15-10-9-14-42(40)43)62(100)82-45(23-24-53(93)94)59(97)90-56(37(5)6)69(107)108)33-110-111-34-51(63(101)81-44(58(96)88-54)16-11-26-77-70(73)74)87-67(105)55(36(3)4)89-60(98)46(25-29-109-8)80-57(95)38(7)72/h9-10,14-15,19-22,32,35-38,44-52,54-56,79,92H,11-13,16-18,23-31,33-34,72H2,1-8H3,(H,80,95)(H,81,101)(H,82,100)(H,83,99)(H,84,102)(H,85,104)(H,86,103)(H,87,105)(H,88,96)(H,89,98)(H,90,97)(H,93,94)(H,107,108)(H4,73,74,77)(H4,75,76,78)/t38-,44-,45+,46-,47+,48-,49+,50-,51-,52-,54+,55-,56+/m0/s1. The first-order valence-electron chi connectivity index (χ1n) is 36.5. The number of rotatable bonds is 34. The highest BCUT2D eigenvalue weighted by molar-refractivity contribution is 8.76. The zero-order valence-corrected chi connectivity index (χ0v) is 65.9. The van der Waals surface area contributed by atoms with Crippen LogP contribution in [-0.2, 0) is 80.0 Å². The lowest BCUT2D eigenvalue weighted by Crippen LogP contribution is -2.62. The summed E-state index contributed by atoms with van der Waals surface area (Å²) in [6.07, 6.45) is 1.61. The third-order valence-corrected chi connectivity index (χ3v) is 21.3. The van der Waals surface area contributed by atoms with Crippen LogP contribution in [0.2, 0.25) is 0 Å². The maximum atomic E-state index is 15.5. The molecular weight excluding hydrogens is 1500 g/mol. The van der Waals surface area contributed by atoms with Gasteiger partial charge in [-0.15, -0.1) is 0 Å². The number of hydrogen-bond acceptors (Lipinski definition) is 21. The van der Waals surface area contributed by atoms with Crippen molar-refractivity contribution in [3.05, 3.63) is 65.9 Å². The maximum Gasteiger partial charge on any atom is 0.326 e. The number of aromatic hydroxyl groups is 1.